The smallest absolute Gasteiger partial charge is 0.129 e. The van der Waals surface area contributed by atoms with Gasteiger partial charge in [0.2, 0.25) is 0 Å². The lowest BCUT2D eigenvalue weighted by atomic mass is 9.99. The van der Waals surface area contributed by atoms with Gasteiger partial charge in [0.25, 0.3) is 0 Å². The van der Waals surface area contributed by atoms with E-state index < -0.39 is 6.04 Å². The van der Waals surface area contributed by atoms with Gasteiger partial charge in [-0.25, -0.2) is 9.82 Å². The van der Waals surface area contributed by atoms with Crippen molar-refractivity contribution in [2.45, 2.75) is 10.9 Å². The first-order valence-corrected chi connectivity index (χ1v) is 7.31. The number of nitrogens with two attached hydrogens (primary N) is 1. The Balaban J connectivity index is 2.37. The van der Waals surface area contributed by atoms with Crippen molar-refractivity contribution in [2.24, 2.45) is 5.84 Å². The Morgan fingerprint density at radius 2 is 1.89 bits per heavy atom. The second kappa shape index (κ2) is 6.39. The lowest BCUT2D eigenvalue weighted by Gasteiger charge is -2.18. The minimum atomic E-state index is -0.395. The fourth-order valence-corrected chi connectivity index (χ4v) is 2.46. The fraction of sp³-hybridized carbons (Fsp3) is 0.143. The maximum Gasteiger partial charge on any atom is 0.129 e. The molecule has 2 nitrogen and oxygen atoms in total. The summed E-state index contributed by atoms with van der Waals surface area (Å²) in [6.45, 7) is 0. The molecular formula is C14H14ClFN2S. The zero-order chi connectivity index (χ0) is 13.8. The first-order valence-electron chi connectivity index (χ1n) is 5.70. The third kappa shape index (κ3) is 3.28. The monoisotopic (exact) mass is 296 g/mol. The van der Waals surface area contributed by atoms with Crippen molar-refractivity contribution in [2.75, 3.05) is 6.26 Å². The maximum absolute atomic E-state index is 13.9. The highest BCUT2D eigenvalue weighted by Crippen LogP contribution is 2.27. The van der Waals surface area contributed by atoms with Gasteiger partial charge >= 0.3 is 0 Å². The number of thioether (sulfide) groups is 1. The van der Waals surface area contributed by atoms with E-state index >= 15 is 0 Å². The summed E-state index contributed by atoms with van der Waals surface area (Å²) in [7, 11) is 0. The number of hydrazine groups is 1. The lowest BCUT2D eigenvalue weighted by Crippen LogP contribution is -2.29. The number of halogens is 2. The molecule has 0 aliphatic heterocycles. The zero-order valence-corrected chi connectivity index (χ0v) is 11.9. The Bertz CT molecular complexity index is 560. The van der Waals surface area contributed by atoms with Crippen LogP contribution in [0.4, 0.5) is 4.39 Å². The van der Waals surface area contributed by atoms with Crippen LogP contribution in [-0.4, -0.2) is 6.26 Å². The summed E-state index contributed by atoms with van der Waals surface area (Å²) in [5, 5.41) is 0.370. The molecule has 0 heterocycles. The number of hydrogen-bond acceptors (Lipinski definition) is 3. The van der Waals surface area contributed by atoms with Crippen molar-refractivity contribution in [3.63, 3.8) is 0 Å². The van der Waals surface area contributed by atoms with Crippen LogP contribution in [0, 0.1) is 5.82 Å². The summed E-state index contributed by atoms with van der Waals surface area (Å²) < 4.78 is 13.9. The van der Waals surface area contributed by atoms with Gasteiger partial charge in [0, 0.05) is 15.5 Å². The van der Waals surface area contributed by atoms with E-state index in [1.807, 2.05) is 30.5 Å². The van der Waals surface area contributed by atoms with E-state index in [-0.39, 0.29) is 5.82 Å². The van der Waals surface area contributed by atoms with Gasteiger partial charge in [-0.15, -0.1) is 11.8 Å². The molecule has 2 aromatic carbocycles. The highest BCUT2D eigenvalue weighted by molar-refractivity contribution is 7.98. The molecule has 2 aromatic rings. The van der Waals surface area contributed by atoms with Gasteiger partial charge in [-0.3, -0.25) is 5.84 Å². The summed E-state index contributed by atoms with van der Waals surface area (Å²) in [6.07, 6.45) is 2.01. The van der Waals surface area contributed by atoms with Gasteiger partial charge in [-0.05, 0) is 36.1 Å². The summed E-state index contributed by atoms with van der Waals surface area (Å²) in [4.78, 5) is 1.15. The van der Waals surface area contributed by atoms with Gasteiger partial charge in [0.15, 0.2) is 0 Å². The average Bonchev–Trinajstić information content (AvgIpc) is 2.42. The molecule has 100 valence electrons. The van der Waals surface area contributed by atoms with Gasteiger partial charge in [-0.1, -0.05) is 29.8 Å². The predicted octanol–water partition coefficient (Wildman–Crippen LogP) is 3.75. The van der Waals surface area contributed by atoms with Crippen LogP contribution in [0.25, 0.3) is 0 Å². The molecule has 3 N–H and O–H groups in total. The van der Waals surface area contributed by atoms with Crippen molar-refractivity contribution in [1.29, 1.82) is 0 Å². The first-order chi connectivity index (χ1) is 9.15. The van der Waals surface area contributed by atoms with Crippen LogP contribution >= 0.6 is 23.4 Å². The fourth-order valence-electron chi connectivity index (χ4n) is 1.90. The number of nitrogens with one attached hydrogen (secondary N) is 1. The molecular weight excluding hydrogens is 283 g/mol. The van der Waals surface area contributed by atoms with Crippen molar-refractivity contribution in [3.8, 4) is 0 Å². The van der Waals surface area contributed by atoms with E-state index in [0.29, 0.717) is 10.6 Å². The minimum Gasteiger partial charge on any atom is -0.271 e. The zero-order valence-electron chi connectivity index (χ0n) is 10.4. The average molecular weight is 297 g/mol. The second-order valence-electron chi connectivity index (χ2n) is 4.04. The molecule has 0 saturated carbocycles. The summed E-state index contributed by atoms with van der Waals surface area (Å²) in [5.74, 6) is 5.19. The van der Waals surface area contributed by atoms with E-state index in [0.717, 1.165) is 10.5 Å². The molecule has 0 bridgehead atoms. The van der Waals surface area contributed by atoms with Crippen LogP contribution in [0.2, 0.25) is 5.02 Å². The van der Waals surface area contributed by atoms with Crippen LogP contribution < -0.4 is 11.3 Å². The summed E-state index contributed by atoms with van der Waals surface area (Å²) >= 11 is 7.41. The molecule has 0 amide bonds. The molecule has 0 fully saturated rings. The lowest BCUT2D eigenvalue weighted by molar-refractivity contribution is 0.560. The molecule has 0 radical (unpaired) electrons. The Morgan fingerprint density at radius 1 is 1.21 bits per heavy atom. The molecule has 2 rings (SSSR count). The van der Waals surface area contributed by atoms with Gasteiger partial charge in [0.1, 0.15) is 5.82 Å². The van der Waals surface area contributed by atoms with E-state index in [1.54, 1.807) is 23.9 Å². The predicted molar refractivity (Wildman–Crippen MR) is 78.8 cm³/mol. The van der Waals surface area contributed by atoms with Crippen LogP contribution in [0.5, 0.6) is 0 Å². The maximum atomic E-state index is 13.9. The van der Waals surface area contributed by atoms with E-state index in [2.05, 4.69) is 5.43 Å². The largest absolute Gasteiger partial charge is 0.271 e. The van der Waals surface area contributed by atoms with Crippen molar-refractivity contribution in [1.82, 2.24) is 5.43 Å². The Kier molecular flexibility index (Phi) is 4.82. The van der Waals surface area contributed by atoms with Crippen molar-refractivity contribution >= 4 is 23.4 Å². The van der Waals surface area contributed by atoms with E-state index in [4.69, 9.17) is 17.4 Å². The molecule has 1 atom stereocenters. The molecule has 19 heavy (non-hydrogen) atoms. The summed E-state index contributed by atoms with van der Waals surface area (Å²) in [6, 6.07) is 12.0. The number of benzene rings is 2. The summed E-state index contributed by atoms with van der Waals surface area (Å²) in [5.41, 5.74) is 4.02. The van der Waals surface area contributed by atoms with Crippen LogP contribution in [0.1, 0.15) is 17.2 Å². The Morgan fingerprint density at radius 3 is 2.42 bits per heavy atom. The number of hydrogen-bond donors (Lipinski definition) is 2. The SMILES string of the molecule is CSc1ccc(C(NN)c2ccc(Cl)cc2F)cc1. The number of rotatable bonds is 4. The minimum absolute atomic E-state index is 0.370. The van der Waals surface area contributed by atoms with Crippen LogP contribution in [-0.2, 0) is 0 Å². The van der Waals surface area contributed by atoms with E-state index in [9.17, 15) is 4.39 Å². The normalized spacial score (nSPS) is 12.4. The molecule has 0 aromatic heterocycles. The third-order valence-electron chi connectivity index (χ3n) is 2.89. The third-order valence-corrected chi connectivity index (χ3v) is 3.87. The van der Waals surface area contributed by atoms with E-state index in [1.165, 1.54) is 6.07 Å². The Labute approximate surface area is 121 Å². The van der Waals surface area contributed by atoms with Gasteiger partial charge < -0.3 is 0 Å². The molecule has 0 saturated heterocycles. The molecule has 5 heteroatoms. The highest BCUT2D eigenvalue weighted by Gasteiger charge is 2.16. The van der Waals surface area contributed by atoms with Crippen molar-refractivity contribution < 1.29 is 4.39 Å². The standard InChI is InChI=1S/C14H14ClFN2S/c1-19-11-5-2-9(3-6-11)14(18-17)12-7-4-10(15)8-13(12)16/h2-8,14,18H,17H2,1H3. The quantitative estimate of drug-likeness (QED) is 0.513. The van der Waals surface area contributed by atoms with Gasteiger partial charge in [-0.2, -0.15) is 0 Å². The van der Waals surface area contributed by atoms with Gasteiger partial charge in [0.05, 0.1) is 6.04 Å². The molecule has 0 aliphatic carbocycles. The van der Waals surface area contributed by atoms with Crippen LogP contribution in [0.15, 0.2) is 47.4 Å². The molecule has 0 aliphatic rings. The topological polar surface area (TPSA) is 38.0 Å². The Hall–Kier alpha value is -1.07. The molecule has 0 spiro atoms. The molecule has 1 unspecified atom stereocenters. The second-order valence-corrected chi connectivity index (χ2v) is 5.35. The first kappa shape index (κ1) is 14.3. The van der Waals surface area contributed by atoms with Crippen molar-refractivity contribution in [3.05, 3.63) is 64.4 Å². The van der Waals surface area contributed by atoms with Crippen LogP contribution in [0.3, 0.4) is 0 Å². The highest BCUT2D eigenvalue weighted by atomic mass is 35.5.